The number of amides is 1. The van der Waals surface area contributed by atoms with Crippen molar-refractivity contribution < 1.29 is 9.53 Å². The van der Waals surface area contributed by atoms with Gasteiger partial charge < -0.3 is 4.74 Å². The van der Waals surface area contributed by atoms with E-state index < -0.39 is 0 Å². The molecule has 0 aliphatic carbocycles. The van der Waals surface area contributed by atoms with Crippen molar-refractivity contribution in [3.63, 3.8) is 0 Å². The van der Waals surface area contributed by atoms with Crippen LogP contribution in [0.3, 0.4) is 0 Å². The molecule has 1 atom stereocenters. The van der Waals surface area contributed by atoms with Gasteiger partial charge in [0.1, 0.15) is 5.75 Å². The maximum atomic E-state index is 12.9. The van der Waals surface area contributed by atoms with Gasteiger partial charge in [0.25, 0.3) is 5.91 Å². The van der Waals surface area contributed by atoms with E-state index in [0.717, 1.165) is 21.9 Å². The van der Waals surface area contributed by atoms with Crippen LogP contribution in [0.5, 0.6) is 5.75 Å². The molecule has 2 aromatic heterocycles. The van der Waals surface area contributed by atoms with Crippen LogP contribution in [0.2, 0.25) is 0 Å². The highest BCUT2D eigenvalue weighted by Gasteiger charge is 2.34. The molecule has 0 N–H and O–H groups in total. The Kier molecular flexibility index (Phi) is 4.38. The van der Waals surface area contributed by atoms with Gasteiger partial charge in [-0.2, -0.15) is 5.10 Å². The standard InChI is InChI=1S/C19H16N2O2S2/c1-23-14-6-2-5-13(11-14)15-12-16(17-7-3-9-24-17)21(20-15)19(22)18-8-4-10-25-18/h2-11,16H,12H2,1H3/t16-/m1/s1. The molecule has 0 saturated heterocycles. The van der Waals surface area contributed by atoms with Gasteiger partial charge >= 0.3 is 0 Å². The Morgan fingerprint density at radius 1 is 1.16 bits per heavy atom. The average molecular weight is 368 g/mol. The van der Waals surface area contributed by atoms with Crippen molar-refractivity contribution in [2.24, 2.45) is 5.10 Å². The molecule has 0 saturated carbocycles. The van der Waals surface area contributed by atoms with Gasteiger partial charge in [-0.3, -0.25) is 4.79 Å². The monoisotopic (exact) mass is 368 g/mol. The number of carbonyl (C=O) groups excluding carboxylic acids is 1. The summed E-state index contributed by atoms with van der Waals surface area (Å²) in [5, 5.41) is 10.3. The Bertz CT molecular complexity index is 901. The average Bonchev–Trinajstić information content (AvgIpc) is 3.42. The lowest BCUT2D eigenvalue weighted by Crippen LogP contribution is -2.25. The van der Waals surface area contributed by atoms with Crippen LogP contribution < -0.4 is 4.74 Å². The highest BCUT2D eigenvalue weighted by molar-refractivity contribution is 7.12. The number of methoxy groups -OCH3 is 1. The second-order valence-corrected chi connectivity index (χ2v) is 7.57. The number of ether oxygens (including phenoxy) is 1. The molecule has 25 heavy (non-hydrogen) atoms. The molecule has 1 aliphatic heterocycles. The van der Waals surface area contributed by atoms with E-state index in [9.17, 15) is 4.79 Å². The van der Waals surface area contributed by atoms with Crippen LogP contribution in [0, 0.1) is 0 Å². The molecule has 6 heteroatoms. The van der Waals surface area contributed by atoms with Crippen LogP contribution >= 0.6 is 22.7 Å². The maximum absolute atomic E-state index is 12.9. The van der Waals surface area contributed by atoms with Crippen molar-refractivity contribution in [3.8, 4) is 5.75 Å². The molecule has 0 unspecified atom stereocenters. The Hall–Kier alpha value is -2.44. The highest BCUT2D eigenvalue weighted by Crippen LogP contribution is 2.36. The third-order valence-corrected chi connectivity index (χ3v) is 5.96. The first-order chi connectivity index (χ1) is 12.3. The zero-order valence-electron chi connectivity index (χ0n) is 13.6. The zero-order chi connectivity index (χ0) is 17.2. The predicted octanol–water partition coefficient (Wildman–Crippen LogP) is 4.81. The predicted molar refractivity (Wildman–Crippen MR) is 102 cm³/mol. The summed E-state index contributed by atoms with van der Waals surface area (Å²) in [6.07, 6.45) is 0.699. The minimum absolute atomic E-state index is 0.0497. The summed E-state index contributed by atoms with van der Waals surface area (Å²) < 4.78 is 5.31. The van der Waals surface area contributed by atoms with Crippen molar-refractivity contribution in [2.45, 2.75) is 12.5 Å². The minimum atomic E-state index is -0.0594. The third kappa shape index (κ3) is 3.10. The summed E-state index contributed by atoms with van der Waals surface area (Å²) in [6.45, 7) is 0. The summed E-state index contributed by atoms with van der Waals surface area (Å²) in [4.78, 5) is 14.8. The Morgan fingerprint density at radius 3 is 2.72 bits per heavy atom. The maximum Gasteiger partial charge on any atom is 0.284 e. The van der Waals surface area contributed by atoms with Crippen LogP contribution in [0.1, 0.15) is 32.6 Å². The van der Waals surface area contributed by atoms with Gasteiger partial charge in [0, 0.05) is 16.9 Å². The smallest absolute Gasteiger partial charge is 0.284 e. The summed E-state index contributed by atoms with van der Waals surface area (Å²) >= 11 is 3.10. The zero-order valence-corrected chi connectivity index (χ0v) is 15.2. The van der Waals surface area contributed by atoms with Gasteiger partial charge in [-0.1, -0.05) is 24.3 Å². The molecule has 3 heterocycles. The highest BCUT2D eigenvalue weighted by atomic mass is 32.1. The van der Waals surface area contributed by atoms with E-state index >= 15 is 0 Å². The molecule has 4 rings (SSSR count). The molecule has 126 valence electrons. The lowest BCUT2D eigenvalue weighted by Gasteiger charge is -2.19. The molecule has 1 aromatic carbocycles. The van der Waals surface area contributed by atoms with E-state index in [0.29, 0.717) is 11.3 Å². The fourth-order valence-electron chi connectivity index (χ4n) is 2.89. The summed E-state index contributed by atoms with van der Waals surface area (Å²) in [5.74, 6) is 0.738. The summed E-state index contributed by atoms with van der Waals surface area (Å²) in [6, 6.07) is 15.6. The normalized spacial score (nSPS) is 16.8. The topological polar surface area (TPSA) is 41.9 Å². The number of hydrazone groups is 1. The number of hydrogen-bond acceptors (Lipinski definition) is 5. The van der Waals surface area contributed by atoms with Gasteiger partial charge in [-0.05, 0) is 35.0 Å². The Balaban J connectivity index is 1.71. The molecule has 0 fully saturated rings. The molecule has 0 spiro atoms. The van der Waals surface area contributed by atoms with Crippen LogP contribution in [-0.2, 0) is 0 Å². The SMILES string of the molecule is COc1cccc(C2=NN(C(=O)c3cccs3)[C@@H](c3cccs3)C2)c1. The van der Waals surface area contributed by atoms with Crippen LogP contribution in [-0.4, -0.2) is 23.7 Å². The quantitative estimate of drug-likeness (QED) is 0.663. The van der Waals surface area contributed by atoms with Crippen molar-refractivity contribution in [2.75, 3.05) is 7.11 Å². The molecular weight excluding hydrogens is 352 g/mol. The van der Waals surface area contributed by atoms with E-state index in [1.807, 2.05) is 53.2 Å². The number of carbonyl (C=O) groups is 1. The summed E-state index contributed by atoms with van der Waals surface area (Å²) in [5.41, 5.74) is 1.89. The first-order valence-electron chi connectivity index (χ1n) is 7.88. The fourth-order valence-corrected chi connectivity index (χ4v) is 4.36. The van der Waals surface area contributed by atoms with Crippen molar-refractivity contribution in [1.82, 2.24) is 5.01 Å². The number of nitrogens with zero attached hydrogens (tertiary/aromatic N) is 2. The number of hydrogen-bond donors (Lipinski definition) is 0. The van der Waals surface area contributed by atoms with Crippen LogP contribution in [0.15, 0.2) is 64.4 Å². The van der Waals surface area contributed by atoms with E-state index in [2.05, 4.69) is 11.2 Å². The lowest BCUT2D eigenvalue weighted by molar-refractivity contribution is 0.0719. The molecule has 0 bridgehead atoms. The van der Waals surface area contributed by atoms with Gasteiger partial charge in [0.05, 0.1) is 23.7 Å². The third-order valence-electron chi connectivity index (χ3n) is 4.12. The number of rotatable bonds is 4. The van der Waals surface area contributed by atoms with Crippen molar-refractivity contribution >= 4 is 34.3 Å². The fraction of sp³-hybridized carbons (Fsp3) is 0.158. The lowest BCUT2D eigenvalue weighted by atomic mass is 10.0. The molecular formula is C19H16N2O2S2. The molecule has 1 amide bonds. The molecule has 4 nitrogen and oxygen atoms in total. The number of benzene rings is 1. The molecule has 1 aliphatic rings. The minimum Gasteiger partial charge on any atom is -0.497 e. The first-order valence-corrected chi connectivity index (χ1v) is 9.64. The largest absolute Gasteiger partial charge is 0.497 e. The van der Waals surface area contributed by atoms with Gasteiger partial charge in [0.15, 0.2) is 0 Å². The Labute approximate surface area is 154 Å². The van der Waals surface area contributed by atoms with Crippen LogP contribution in [0.25, 0.3) is 0 Å². The summed E-state index contributed by atoms with van der Waals surface area (Å²) in [7, 11) is 1.65. The molecule has 3 aromatic rings. The van der Waals surface area contributed by atoms with Gasteiger partial charge in [-0.25, -0.2) is 5.01 Å². The van der Waals surface area contributed by atoms with Crippen molar-refractivity contribution in [1.29, 1.82) is 0 Å². The number of thiophene rings is 2. The van der Waals surface area contributed by atoms with E-state index in [1.54, 1.807) is 23.5 Å². The van der Waals surface area contributed by atoms with E-state index in [4.69, 9.17) is 4.74 Å². The van der Waals surface area contributed by atoms with Crippen molar-refractivity contribution in [3.05, 3.63) is 74.6 Å². The van der Waals surface area contributed by atoms with E-state index in [1.165, 1.54) is 11.3 Å². The molecule has 0 radical (unpaired) electrons. The van der Waals surface area contributed by atoms with E-state index in [-0.39, 0.29) is 11.9 Å². The Morgan fingerprint density at radius 2 is 2.00 bits per heavy atom. The first kappa shape index (κ1) is 16.1. The van der Waals surface area contributed by atoms with Gasteiger partial charge in [-0.15, -0.1) is 22.7 Å². The second-order valence-electron chi connectivity index (χ2n) is 5.64. The second kappa shape index (κ2) is 6.82. The van der Waals surface area contributed by atoms with Gasteiger partial charge in [0.2, 0.25) is 0 Å². The van der Waals surface area contributed by atoms with Crippen LogP contribution in [0.4, 0.5) is 0 Å².